The number of likely N-dealkylation sites (tertiary alicyclic amines) is 1. The van der Waals surface area contributed by atoms with Crippen LogP contribution in [0.15, 0.2) is 47.4 Å². The van der Waals surface area contributed by atoms with E-state index >= 15 is 0 Å². The summed E-state index contributed by atoms with van der Waals surface area (Å²) in [5.41, 5.74) is 5.80. The molecule has 4 heterocycles. The molecule has 2 aliphatic rings. The molecule has 0 unspecified atom stereocenters. The van der Waals surface area contributed by atoms with E-state index in [1.54, 1.807) is 12.3 Å². The molecule has 1 atom stereocenters. The van der Waals surface area contributed by atoms with Crippen molar-refractivity contribution < 1.29 is 14.6 Å². The number of fused-ring (bicyclic) bond motifs is 2. The molecule has 0 saturated carbocycles. The molecule has 0 bridgehead atoms. The Hall–Kier alpha value is -4.15. The van der Waals surface area contributed by atoms with Crippen molar-refractivity contribution in [3.05, 3.63) is 75.2 Å². The lowest BCUT2D eigenvalue weighted by Crippen LogP contribution is -2.44. The standard InChI is InChI=1S/C32H38N6O4/c1-4-37-11-8-22(9-12-37)38-17-21-14-26-27(15-24(21)32(38)41)36-30(35-26)29-25(7-10-33-31(29)40)34-16-23(39)18-42-28-6-5-19(2)13-20(28)3/h5-7,10,13-15,22-23,39H,4,8-9,11-12,16-18H2,1-3H3,(H,35,36)(H2,33,34,40)/t23-/m1/s1. The van der Waals surface area contributed by atoms with E-state index in [1.165, 1.54) is 0 Å². The van der Waals surface area contributed by atoms with Gasteiger partial charge in [-0.3, -0.25) is 9.59 Å². The molecule has 10 nitrogen and oxygen atoms in total. The largest absolute Gasteiger partial charge is 0.491 e. The molecule has 10 heteroatoms. The van der Waals surface area contributed by atoms with Crippen molar-refractivity contribution >= 4 is 22.6 Å². The topological polar surface area (TPSA) is 127 Å². The van der Waals surface area contributed by atoms with E-state index in [4.69, 9.17) is 9.72 Å². The van der Waals surface area contributed by atoms with Gasteiger partial charge in [0.25, 0.3) is 11.5 Å². The van der Waals surface area contributed by atoms with E-state index in [0.29, 0.717) is 34.7 Å². The summed E-state index contributed by atoms with van der Waals surface area (Å²) in [5, 5.41) is 13.8. The molecule has 2 aromatic heterocycles. The van der Waals surface area contributed by atoms with Crippen LogP contribution in [0.25, 0.3) is 22.4 Å². The molecule has 1 amide bonds. The molecule has 1 saturated heterocycles. The number of piperidine rings is 1. The van der Waals surface area contributed by atoms with Gasteiger partial charge in [-0.05, 0) is 68.6 Å². The fourth-order valence-corrected chi connectivity index (χ4v) is 6.10. The highest BCUT2D eigenvalue weighted by Gasteiger charge is 2.35. The van der Waals surface area contributed by atoms with Crippen molar-refractivity contribution in [1.82, 2.24) is 24.8 Å². The minimum absolute atomic E-state index is 0.0587. The van der Waals surface area contributed by atoms with Crippen LogP contribution in [0.2, 0.25) is 0 Å². The highest BCUT2D eigenvalue weighted by Crippen LogP contribution is 2.32. The van der Waals surface area contributed by atoms with Crippen LogP contribution in [0.5, 0.6) is 5.75 Å². The quantitative estimate of drug-likeness (QED) is 0.241. The van der Waals surface area contributed by atoms with Crippen LogP contribution in [-0.2, 0) is 6.54 Å². The van der Waals surface area contributed by atoms with Gasteiger partial charge in [0.15, 0.2) is 0 Å². The second-order valence-corrected chi connectivity index (χ2v) is 11.4. The summed E-state index contributed by atoms with van der Waals surface area (Å²) in [4.78, 5) is 41.5. The van der Waals surface area contributed by atoms with E-state index in [1.807, 2.05) is 49.1 Å². The number of amides is 1. The molecule has 0 radical (unpaired) electrons. The van der Waals surface area contributed by atoms with Crippen LogP contribution in [0.1, 0.15) is 46.8 Å². The van der Waals surface area contributed by atoms with Gasteiger partial charge in [-0.15, -0.1) is 0 Å². The lowest BCUT2D eigenvalue weighted by molar-refractivity contribution is 0.0602. The summed E-state index contributed by atoms with van der Waals surface area (Å²) in [6, 6.07) is 11.7. The highest BCUT2D eigenvalue weighted by atomic mass is 16.5. The fraction of sp³-hybridized carbons (Fsp3) is 0.406. The molecule has 0 spiro atoms. The lowest BCUT2D eigenvalue weighted by atomic mass is 10.0. The van der Waals surface area contributed by atoms with Crippen molar-refractivity contribution in [3.63, 3.8) is 0 Å². The van der Waals surface area contributed by atoms with Crippen molar-refractivity contribution in [2.45, 2.75) is 52.3 Å². The Morgan fingerprint density at radius 1 is 1.14 bits per heavy atom. The number of benzene rings is 2. The van der Waals surface area contributed by atoms with Crippen molar-refractivity contribution in [2.24, 2.45) is 0 Å². The third kappa shape index (κ3) is 5.52. The summed E-state index contributed by atoms with van der Waals surface area (Å²) in [7, 11) is 0. The van der Waals surface area contributed by atoms with Crippen LogP contribution < -0.4 is 15.6 Å². The van der Waals surface area contributed by atoms with Crippen LogP contribution in [0.4, 0.5) is 5.69 Å². The number of aryl methyl sites for hydroxylation is 2. The molecule has 2 aromatic carbocycles. The van der Waals surface area contributed by atoms with Crippen molar-refractivity contribution in [2.75, 3.05) is 38.1 Å². The smallest absolute Gasteiger partial charge is 0.261 e. The van der Waals surface area contributed by atoms with Crippen LogP contribution in [0.3, 0.4) is 0 Å². The Bertz CT molecular complexity index is 1670. The van der Waals surface area contributed by atoms with Gasteiger partial charge in [-0.25, -0.2) is 4.98 Å². The first-order valence-corrected chi connectivity index (χ1v) is 14.7. The maximum absolute atomic E-state index is 13.4. The minimum atomic E-state index is -0.806. The molecule has 220 valence electrons. The van der Waals surface area contributed by atoms with Crippen LogP contribution >= 0.6 is 0 Å². The summed E-state index contributed by atoms with van der Waals surface area (Å²) < 4.78 is 5.81. The Labute approximate surface area is 244 Å². The normalized spacial score (nSPS) is 16.7. The zero-order chi connectivity index (χ0) is 29.4. The number of nitrogens with one attached hydrogen (secondary N) is 3. The number of H-pyrrole nitrogens is 2. The van der Waals surface area contributed by atoms with Crippen LogP contribution in [0, 0.1) is 13.8 Å². The number of hydrogen-bond donors (Lipinski definition) is 4. The number of hydrogen-bond acceptors (Lipinski definition) is 7. The fourth-order valence-electron chi connectivity index (χ4n) is 6.10. The first-order chi connectivity index (χ1) is 20.3. The number of aliphatic hydroxyl groups excluding tert-OH is 1. The number of aromatic nitrogens is 3. The predicted molar refractivity (Wildman–Crippen MR) is 163 cm³/mol. The Morgan fingerprint density at radius 3 is 2.71 bits per heavy atom. The number of aliphatic hydroxyl groups is 1. The van der Waals surface area contributed by atoms with E-state index < -0.39 is 6.10 Å². The lowest BCUT2D eigenvalue weighted by Gasteiger charge is -2.36. The summed E-state index contributed by atoms with van der Waals surface area (Å²) >= 11 is 0. The second-order valence-electron chi connectivity index (χ2n) is 11.4. The van der Waals surface area contributed by atoms with Crippen molar-refractivity contribution in [1.29, 1.82) is 0 Å². The van der Waals surface area contributed by atoms with Crippen molar-refractivity contribution in [3.8, 4) is 17.1 Å². The average molecular weight is 571 g/mol. The summed E-state index contributed by atoms with van der Waals surface area (Å²) in [6.07, 6.45) is 2.74. The second kappa shape index (κ2) is 11.6. The number of pyridine rings is 1. The number of aromatic amines is 2. The zero-order valence-electron chi connectivity index (χ0n) is 24.4. The molecule has 42 heavy (non-hydrogen) atoms. The molecule has 1 fully saturated rings. The van der Waals surface area contributed by atoms with Gasteiger partial charge in [-0.1, -0.05) is 24.6 Å². The van der Waals surface area contributed by atoms with Gasteiger partial charge < -0.3 is 34.9 Å². The maximum Gasteiger partial charge on any atom is 0.261 e. The SMILES string of the molecule is CCN1CCC(N2Cc3cc4[nH]c(-c5c(NC[C@@H](O)COc6ccc(C)cc6C)cc[nH]c5=O)nc4cc3C2=O)CC1. The Balaban J connectivity index is 1.17. The highest BCUT2D eigenvalue weighted by molar-refractivity contribution is 6.02. The van der Waals surface area contributed by atoms with E-state index in [0.717, 1.165) is 60.4 Å². The number of ether oxygens (including phenoxy) is 1. The van der Waals surface area contributed by atoms with Gasteiger partial charge in [0.1, 0.15) is 29.8 Å². The average Bonchev–Trinajstić information content (AvgIpc) is 3.54. The molecule has 2 aliphatic heterocycles. The van der Waals surface area contributed by atoms with Gasteiger partial charge in [-0.2, -0.15) is 0 Å². The van der Waals surface area contributed by atoms with Crippen LogP contribution in [-0.4, -0.2) is 80.7 Å². The Kier molecular flexibility index (Phi) is 7.74. The van der Waals surface area contributed by atoms with E-state index in [2.05, 4.69) is 27.1 Å². The number of carbonyl (C=O) groups excluding carboxylic acids is 1. The van der Waals surface area contributed by atoms with E-state index in [-0.39, 0.29) is 30.7 Å². The number of imidazole rings is 1. The third-order valence-electron chi connectivity index (χ3n) is 8.47. The third-order valence-corrected chi connectivity index (χ3v) is 8.47. The first-order valence-electron chi connectivity index (χ1n) is 14.7. The zero-order valence-corrected chi connectivity index (χ0v) is 24.4. The van der Waals surface area contributed by atoms with Gasteiger partial charge in [0, 0.05) is 44.0 Å². The monoisotopic (exact) mass is 570 g/mol. The maximum atomic E-state index is 13.4. The number of carbonyl (C=O) groups is 1. The minimum Gasteiger partial charge on any atom is -0.491 e. The van der Waals surface area contributed by atoms with Gasteiger partial charge >= 0.3 is 0 Å². The molecular formula is C32H38N6O4. The number of anilines is 1. The van der Waals surface area contributed by atoms with E-state index in [9.17, 15) is 14.7 Å². The Morgan fingerprint density at radius 2 is 1.95 bits per heavy atom. The number of rotatable bonds is 9. The summed E-state index contributed by atoms with van der Waals surface area (Å²) in [5.74, 6) is 1.19. The predicted octanol–water partition coefficient (Wildman–Crippen LogP) is 3.83. The number of nitrogens with zero attached hydrogens (tertiary/aromatic N) is 3. The molecule has 4 N–H and O–H groups in total. The van der Waals surface area contributed by atoms with Gasteiger partial charge in [0.05, 0.1) is 16.7 Å². The summed E-state index contributed by atoms with van der Waals surface area (Å²) in [6.45, 7) is 10.1. The first kappa shape index (κ1) is 28.0. The van der Waals surface area contributed by atoms with Gasteiger partial charge in [0.2, 0.25) is 0 Å². The molecule has 0 aliphatic carbocycles. The molecule has 4 aromatic rings. The molecule has 6 rings (SSSR count). The molecular weight excluding hydrogens is 532 g/mol.